The lowest BCUT2D eigenvalue weighted by atomic mass is 10.2. The van der Waals surface area contributed by atoms with Crippen LogP contribution in [0.15, 0.2) is 47.0 Å². The number of anilines is 1. The third-order valence-electron chi connectivity index (χ3n) is 2.62. The molecule has 0 aliphatic carbocycles. The summed E-state index contributed by atoms with van der Waals surface area (Å²) in [7, 11) is 0. The number of fused-ring (bicyclic) bond motifs is 1. The minimum Gasteiger partial charge on any atom is -0.452 e. The first-order chi connectivity index (χ1) is 9.28. The molecule has 19 heavy (non-hydrogen) atoms. The van der Waals surface area contributed by atoms with E-state index < -0.39 is 0 Å². The van der Waals surface area contributed by atoms with E-state index in [9.17, 15) is 0 Å². The summed E-state index contributed by atoms with van der Waals surface area (Å²) in [5.74, 6) is 1.39. The van der Waals surface area contributed by atoms with Crippen molar-refractivity contribution < 1.29 is 9.15 Å². The predicted octanol–water partition coefficient (Wildman–Crippen LogP) is 3.07. The lowest BCUT2D eigenvalue weighted by Crippen LogP contribution is -1.91. The van der Waals surface area contributed by atoms with Crippen LogP contribution in [0.3, 0.4) is 0 Å². The highest BCUT2D eigenvalue weighted by Crippen LogP contribution is 2.35. The van der Waals surface area contributed by atoms with Gasteiger partial charge >= 0.3 is 0 Å². The van der Waals surface area contributed by atoms with Gasteiger partial charge in [0.25, 0.3) is 0 Å². The summed E-state index contributed by atoms with van der Waals surface area (Å²) in [5.41, 5.74) is 6.20. The number of benzene rings is 1. The number of nitrogen functional groups attached to an aromatic ring is 1. The molecule has 0 fully saturated rings. The molecule has 0 radical (unpaired) electrons. The van der Waals surface area contributed by atoms with Crippen LogP contribution in [0.1, 0.15) is 5.76 Å². The second-order valence-corrected chi connectivity index (χ2v) is 3.89. The summed E-state index contributed by atoms with van der Waals surface area (Å²) < 4.78 is 11.1. The summed E-state index contributed by atoms with van der Waals surface area (Å²) in [6, 6.07) is 12.5. The highest BCUT2D eigenvalue weighted by Gasteiger charge is 2.15. The molecule has 92 valence electrons. The molecule has 0 spiro atoms. The number of rotatable bonds is 2. The molecular formula is C14H9N3O2. The van der Waals surface area contributed by atoms with E-state index in [0.717, 1.165) is 5.39 Å². The van der Waals surface area contributed by atoms with Crippen LogP contribution in [0.4, 0.5) is 5.82 Å². The van der Waals surface area contributed by atoms with Gasteiger partial charge in [0.15, 0.2) is 5.75 Å². The van der Waals surface area contributed by atoms with Gasteiger partial charge in [-0.1, -0.05) is 12.1 Å². The second kappa shape index (κ2) is 4.35. The van der Waals surface area contributed by atoms with E-state index in [0.29, 0.717) is 22.9 Å². The topological polar surface area (TPSA) is 85.1 Å². The fourth-order valence-corrected chi connectivity index (χ4v) is 1.81. The van der Waals surface area contributed by atoms with E-state index >= 15 is 0 Å². The van der Waals surface area contributed by atoms with Gasteiger partial charge in [-0.25, -0.2) is 4.98 Å². The molecule has 0 saturated carbocycles. The third-order valence-corrected chi connectivity index (χ3v) is 2.62. The first-order valence-electron chi connectivity index (χ1n) is 5.59. The first kappa shape index (κ1) is 11.1. The Bertz CT molecular complexity index is 787. The van der Waals surface area contributed by atoms with Crippen LogP contribution >= 0.6 is 0 Å². The molecule has 3 aromatic rings. The standard InChI is InChI=1S/C14H9N3O2/c15-8-12-14(10-3-1-2-4-11(10)19-12)18-9-5-6-17-13(16)7-9/h1-7H,(H2,16,17). The average Bonchev–Trinajstić information content (AvgIpc) is 2.77. The molecule has 2 N–H and O–H groups in total. The number of hydrogen-bond donors (Lipinski definition) is 1. The number of nitrogens with two attached hydrogens (primary N) is 1. The van der Waals surface area contributed by atoms with Gasteiger partial charge in [-0.05, 0) is 18.2 Å². The van der Waals surface area contributed by atoms with Gasteiger partial charge in [-0.15, -0.1) is 0 Å². The van der Waals surface area contributed by atoms with Crippen LogP contribution in [0, 0.1) is 11.3 Å². The molecule has 2 aromatic heterocycles. The Morgan fingerprint density at radius 2 is 2.11 bits per heavy atom. The normalized spacial score (nSPS) is 10.3. The SMILES string of the molecule is N#Cc1oc2ccccc2c1Oc1ccnc(N)c1. The molecule has 0 aliphatic heterocycles. The van der Waals surface area contributed by atoms with Crippen molar-refractivity contribution in [2.75, 3.05) is 5.73 Å². The van der Waals surface area contributed by atoms with Crippen molar-refractivity contribution in [2.45, 2.75) is 0 Å². The summed E-state index contributed by atoms with van der Waals surface area (Å²) in [5, 5.41) is 9.84. The number of aromatic nitrogens is 1. The quantitative estimate of drug-likeness (QED) is 0.756. The molecule has 0 aliphatic rings. The van der Waals surface area contributed by atoms with E-state index in [1.807, 2.05) is 24.3 Å². The number of nitriles is 1. The molecule has 0 atom stereocenters. The van der Waals surface area contributed by atoms with Gasteiger partial charge < -0.3 is 14.9 Å². The molecule has 5 heteroatoms. The maximum absolute atomic E-state index is 9.09. The van der Waals surface area contributed by atoms with Crippen LogP contribution in [-0.4, -0.2) is 4.98 Å². The highest BCUT2D eigenvalue weighted by atomic mass is 16.5. The van der Waals surface area contributed by atoms with Crippen molar-refractivity contribution >= 4 is 16.8 Å². The Kier molecular flexibility index (Phi) is 2.54. The van der Waals surface area contributed by atoms with Gasteiger partial charge in [0.1, 0.15) is 23.2 Å². The Hall–Kier alpha value is -3.00. The van der Waals surface area contributed by atoms with E-state index in [-0.39, 0.29) is 5.76 Å². The fraction of sp³-hybridized carbons (Fsp3) is 0. The molecule has 0 unspecified atom stereocenters. The largest absolute Gasteiger partial charge is 0.452 e. The molecule has 0 amide bonds. The van der Waals surface area contributed by atoms with Gasteiger partial charge in [-0.2, -0.15) is 5.26 Å². The van der Waals surface area contributed by atoms with Crippen LogP contribution in [-0.2, 0) is 0 Å². The van der Waals surface area contributed by atoms with Crippen molar-refractivity contribution in [3.05, 3.63) is 48.4 Å². The predicted molar refractivity (Wildman–Crippen MR) is 69.7 cm³/mol. The Morgan fingerprint density at radius 3 is 2.89 bits per heavy atom. The van der Waals surface area contributed by atoms with E-state index in [4.69, 9.17) is 20.1 Å². The maximum Gasteiger partial charge on any atom is 0.247 e. The lowest BCUT2D eigenvalue weighted by molar-refractivity contribution is 0.467. The average molecular weight is 251 g/mol. The summed E-state index contributed by atoms with van der Waals surface area (Å²) in [6.07, 6.45) is 1.54. The van der Waals surface area contributed by atoms with Crippen molar-refractivity contribution in [3.63, 3.8) is 0 Å². The molecular weight excluding hydrogens is 242 g/mol. The van der Waals surface area contributed by atoms with Crippen molar-refractivity contribution in [1.29, 1.82) is 5.26 Å². The number of para-hydroxylation sites is 1. The maximum atomic E-state index is 9.09. The number of nitrogens with zero attached hydrogens (tertiary/aromatic N) is 2. The lowest BCUT2D eigenvalue weighted by Gasteiger charge is -2.04. The summed E-state index contributed by atoms with van der Waals surface area (Å²) in [4.78, 5) is 3.88. The molecule has 0 saturated heterocycles. The number of ether oxygens (including phenoxy) is 1. The molecule has 3 rings (SSSR count). The van der Waals surface area contributed by atoms with E-state index in [2.05, 4.69) is 4.98 Å². The zero-order valence-electron chi connectivity index (χ0n) is 9.83. The zero-order valence-corrected chi connectivity index (χ0v) is 9.83. The van der Waals surface area contributed by atoms with Crippen LogP contribution in [0.5, 0.6) is 11.5 Å². The summed E-state index contributed by atoms with van der Waals surface area (Å²) >= 11 is 0. The number of hydrogen-bond acceptors (Lipinski definition) is 5. The Morgan fingerprint density at radius 1 is 1.26 bits per heavy atom. The fourth-order valence-electron chi connectivity index (χ4n) is 1.81. The smallest absolute Gasteiger partial charge is 0.247 e. The third kappa shape index (κ3) is 1.96. The summed E-state index contributed by atoms with van der Waals surface area (Å²) in [6.45, 7) is 0. The van der Waals surface area contributed by atoms with Gasteiger partial charge in [-0.3, -0.25) is 0 Å². The van der Waals surface area contributed by atoms with Crippen molar-refractivity contribution in [3.8, 4) is 17.6 Å². The Labute approximate surface area is 108 Å². The van der Waals surface area contributed by atoms with Crippen molar-refractivity contribution in [1.82, 2.24) is 4.98 Å². The molecule has 2 heterocycles. The minimum absolute atomic E-state index is 0.136. The Balaban J connectivity index is 2.12. The highest BCUT2D eigenvalue weighted by molar-refractivity contribution is 5.86. The van der Waals surface area contributed by atoms with Gasteiger partial charge in [0.05, 0.1) is 5.39 Å². The van der Waals surface area contributed by atoms with Crippen LogP contribution in [0.2, 0.25) is 0 Å². The van der Waals surface area contributed by atoms with Gasteiger partial charge in [0, 0.05) is 12.3 Å². The van der Waals surface area contributed by atoms with Crippen LogP contribution in [0.25, 0.3) is 11.0 Å². The molecule has 0 bridgehead atoms. The number of furan rings is 1. The van der Waals surface area contributed by atoms with Gasteiger partial charge in [0.2, 0.25) is 5.76 Å². The molecule has 5 nitrogen and oxygen atoms in total. The first-order valence-corrected chi connectivity index (χ1v) is 5.59. The second-order valence-electron chi connectivity index (χ2n) is 3.89. The minimum atomic E-state index is 0.136. The van der Waals surface area contributed by atoms with E-state index in [1.54, 1.807) is 24.4 Å². The molecule has 1 aromatic carbocycles. The van der Waals surface area contributed by atoms with Crippen molar-refractivity contribution in [2.24, 2.45) is 0 Å². The van der Waals surface area contributed by atoms with E-state index in [1.165, 1.54) is 0 Å². The zero-order chi connectivity index (χ0) is 13.2. The van der Waals surface area contributed by atoms with Crippen LogP contribution < -0.4 is 10.5 Å². The number of pyridine rings is 1. The monoisotopic (exact) mass is 251 g/mol.